The molecule has 132 valence electrons. The number of hydrogen-bond donors (Lipinski definition) is 1. The minimum atomic E-state index is -0.223. The summed E-state index contributed by atoms with van der Waals surface area (Å²) in [5.41, 5.74) is 2.65. The molecule has 1 aromatic carbocycles. The Balaban J connectivity index is 1.57. The van der Waals surface area contributed by atoms with Crippen LogP contribution in [0, 0.1) is 0 Å². The van der Waals surface area contributed by atoms with Crippen LogP contribution in [0.3, 0.4) is 0 Å². The molecule has 2 aromatic rings. The van der Waals surface area contributed by atoms with Crippen LogP contribution >= 0.6 is 0 Å². The van der Waals surface area contributed by atoms with Gasteiger partial charge in [0.1, 0.15) is 5.69 Å². The van der Waals surface area contributed by atoms with E-state index in [4.69, 9.17) is 0 Å². The van der Waals surface area contributed by atoms with Crippen LogP contribution in [0.15, 0.2) is 41.2 Å². The van der Waals surface area contributed by atoms with E-state index in [0.29, 0.717) is 0 Å². The molecule has 1 saturated heterocycles. The van der Waals surface area contributed by atoms with E-state index < -0.39 is 0 Å². The Morgan fingerprint density at radius 3 is 2.68 bits per heavy atom. The SMILES string of the molecule is CCc1cccc(N2CCC(NC(=O)c3ccc(=O)n(C)n3)CC2)c1. The molecule has 1 aliphatic heterocycles. The first-order valence-electron chi connectivity index (χ1n) is 8.76. The Bertz CT molecular complexity index is 807. The molecule has 0 aliphatic carbocycles. The summed E-state index contributed by atoms with van der Waals surface area (Å²) in [5.74, 6) is -0.220. The summed E-state index contributed by atoms with van der Waals surface area (Å²) >= 11 is 0. The summed E-state index contributed by atoms with van der Waals surface area (Å²) in [6.45, 7) is 3.99. The lowest BCUT2D eigenvalue weighted by Gasteiger charge is -2.34. The van der Waals surface area contributed by atoms with Gasteiger partial charge in [-0.2, -0.15) is 5.10 Å². The smallest absolute Gasteiger partial charge is 0.271 e. The van der Waals surface area contributed by atoms with Crippen LogP contribution < -0.4 is 15.8 Å². The zero-order valence-electron chi connectivity index (χ0n) is 14.7. The van der Waals surface area contributed by atoms with Crippen molar-refractivity contribution in [1.29, 1.82) is 0 Å². The lowest BCUT2D eigenvalue weighted by molar-refractivity contribution is 0.0923. The summed E-state index contributed by atoms with van der Waals surface area (Å²) in [6.07, 6.45) is 2.83. The van der Waals surface area contributed by atoms with Crippen LogP contribution in [-0.2, 0) is 13.5 Å². The maximum atomic E-state index is 12.3. The number of aryl methyl sites for hydroxylation is 2. The minimum Gasteiger partial charge on any atom is -0.371 e. The molecule has 1 aromatic heterocycles. The largest absolute Gasteiger partial charge is 0.371 e. The monoisotopic (exact) mass is 340 g/mol. The lowest BCUT2D eigenvalue weighted by Crippen LogP contribution is -2.45. The van der Waals surface area contributed by atoms with Crippen molar-refractivity contribution in [2.24, 2.45) is 7.05 Å². The molecule has 0 unspecified atom stereocenters. The number of anilines is 1. The fraction of sp³-hybridized carbons (Fsp3) is 0.421. The number of nitrogens with one attached hydrogen (secondary N) is 1. The summed E-state index contributed by atoms with van der Waals surface area (Å²) < 4.78 is 1.18. The Morgan fingerprint density at radius 2 is 2.00 bits per heavy atom. The highest BCUT2D eigenvalue weighted by Crippen LogP contribution is 2.21. The van der Waals surface area contributed by atoms with Gasteiger partial charge < -0.3 is 10.2 Å². The van der Waals surface area contributed by atoms with Crippen molar-refractivity contribution in [3.63, 3.8) is 0 Å². The zero-order chi connectivity index (χ0) is 17.8. The van der Waals surface area contributed by atoms with Crippen LogP contribution in [0.2, 0.25) is 0 Å². The van der Waals surface area contributed by atoms with Crippen LogP contribution in [-0.4, -0.2) is 34.8 Å². The first-order chi connectivity index (χ1) is 12.1. The molecule has 25 heavy (non-hydrogen) atoms. The number of amides is 1. The molecule has 1 aliphatic rings. The van der Waals surface area contributed by atoms with E-state index in [0.717, 1.165) is 32.4 Å². The number of aromatic nitrogens is 2. The zero-order valence-corrected chi connectivity index (χ0v) is 14.7. The third-order valence-corrected chi connectivity index (χ3v) is 4.71. The Kier molecular flexibility index (Phi) is 5.16. The molecular weight excluding hydrogens is 316 g/mol. The fourth-order valence-electron chi connectivity index (χ4n) is 3.14. The first kappa shape index (κ1) is 17.2. The highest BCUT2D eigenvalue weighted by Gasteiger charge is 2.22. The second kappa shape index (κ2) is 7.51. The molecule has 6 nitrogen and oxygen atoms in total. The maximum Gasteiger partial charge on any atom is 0.271 e. The summed E-state index contributed by atoms with van der Waals surface area (Å²) in [6, 6.07) is 11.6. The second-order valence-corrected chi connectivity index (χ2v) is 6.44. The van der Waals surface area contributed by atoms with Crippen molar-refractivity contribution < 1.29 is 4.79 Å². The fourth-order valence-corrected chi connectivity index (χ4v) is 3.14. The standard InChI is InChI=1S/C19H24N4O2/c1-3-14-5-4-6-16(13-14)23-11-9-15(10-12-23)20-19(25)17-7-8-18(24)22(2)21-17/h4-8,13,15H,3,9-12H2,1-2H3,(H,20,25). The van der Waals surface area contributed by atoms with E-state index in [9.17, 15) is 9.59 Å². The van der Waals surface area contributed by atoms with Crippen molar-refractivity contribution in [2.75, 3.05) is 18.0 Å². The van der Waals surface area contributed by atoms with Gasteiger partial charge in [-0.1, -0.05) is 19.1 Å². The number of carbonyl (C=O) groups excluding carboxylic acids is 1. The Labute approximate surface area is 147 Å². The predicted molar refractivity (Wildman–Crippen MR) is 98.0 cm³/mol. The molecule has 6 heteroatoms. The van der Waals surface area contributed by atoms with Gasteiger partial charge in [-0.25, -0.2) is 4.68 Å². The second-order valence-electron chi connectivity index (χ2n) is 6.44. The molecule has 0 atom stereocenters. The van der Waals surface area contributed by atoms with Crippen molar-refractivity contribution in [2.45, 2.75) is 32.2 Å². The van der Waals surface area contributed by atoms with Gasteiger partial charge in [0.05, 0.1) is 0 Å². The summed E-state index contributed by atoms with van der Waals surface area (Å²) in [7, 11) is 1.54. The van der Waals surface area contributed by atoms with E-state index >= 15 is 0 Å². The Hall–Kier alpha value is -2.63. The maximum absolute atomic E-state index is 12.3. The molecule has 0 saturated carbocycles. The average Bonchev–Trinajstić information content (AvgIpc) is 2.64. The van der Waals surface area contributed by atoms with Gasteiger partial charge >= 0.3 is 0 Å². The van der Waals surface area contributed by atoms with Gasteiger partial charge in [0.25, 0.3) is 11.5 Å². The van der Waals surface area contributed by atoms with E-state index in [1.54, 1.807) is 7.05 Å². The van der Waals surface area contributed by atoms with E-state index in [1.165, 1.54) is 28.1 Å². The van der Waals surface area contributed by atoms with Gasteiger partial charge in [0, 0.05) is 37.9 Å². The summed E-state index contributed by atoms with van der Waals surface area (Å²) in [5, 5.41) is 7.03. The number of carbonyl (C=O) groups is 1. The van der Waals surface area contributed by atoms with Gasteiger partial charge in [0.15, 0.2) is 0 Å². The number of nitrogens with zero attached hydrogens (tertiary/aromatic N) is 3. The highest BCUT2D eigenvalue weighted by atomic mass is 16.2. The molecule has 0 radical (unpaired) electrons. The Morgan fingerprint density at radius 1 is 1.24 bits per heavy atom. The third-order valence-electron chi connectivity index (χ3n) is 4.71. The number of benzene rings is 1. The van der Waals surface area contributed by atoms with E-state index in [2.05, 4.69) is 46.5 Å². The van der Waals surface area contributed by atoms with Crippen molar-refractivity contribution in [3.8, 4) is 0 Å². The van der Waals surface area contributed by atoms with Gasteiger partial charge in [-0.15, -0.1) is 0 Å². The molecule has 1 amide bonds. The van der Waals surface area contributed by atoms with Gasteiger partial charge in [-0.05, 0) is 43.0 Å². The van der Waals surface area contributed by atoms with Crippen LogP contribution in [0.1, 0.15) is 35.8 Å². The van der Waals surface area contributed by atoms with Crippen molar-refractivity contribution in [1.82, 2.24) is 15.1 Å². The quantitative estimate of drug-likeness (QED) is 0.921. The van der Waals surface area contributed by atoms with Crippen LogP contribution in [0.25, 0.3) is 0 Å². The van der Waals surface area contributed by atoms with Crippen LogP contribution in [0.4, 0.5) is 5.69 Å². The highest BCUT2D eigenvalue weighted by molar-refractivity contribution is 5.92. The van der Waals surface area contributed by atoms with Gasteiger partial charge in [0.2, 0.25) is 0 Å². The molecule has 2 heterocycles. The predicted octanol–water partition coefficient (Wildman–Crippen LogP) is 1.74. The average molecular weight is 340 g/mol. The minimum absolute atomic E-state index is 0.136. The molecular formula is C19H24N4O2. The lowest BCUT2D eigenvalue weighted by atomic mass is 10.0. The third kappa shape index (κ3) is 4.07. The van der Waals surface area contributed by atoms with Gasteiger partial charge in [-0.3, -0.25) is 9.59 Å². The summed E-state index contributed by atoms with van der Waals surface area (Å²) in [4.78, 5) is 26.0. The number of piperidine rings is 1. The van der Waals surface area contributed by atoms with E-state index in [1.807, 2.05) is 0 Å². The molecule has 0 bridgehead atoms. The topological polar surface area (TPSA) is 67.2 Å². The van der Waals surface area contributed by atoms with Crippen LogP contribution in [0.5, 0.6) is 0 Å². The molecule has 3 rings (SSSR count). The van der Waals surface area contributed by atoms with Crippen molar-refractivity contribution in [3.05, 3.63) is 58.0 Å². The molecule has 1 fully saturated rings. The normalized spacial score (nSPS) is 15.2. The molecule has 0 spiro atoms. The molecule has 1 N–H and O–H groups in total. The number of rotatable bonds is 4. The number of hydrogen-bond acceptors (Lipinski definition) is 4. The van der Waals surface area contributed by atoms with E-state index in [-0.39, 0.29) is 23.2 Å². The van der Waals surface area contributed by atoms with Crippen molar-refractivity contribution >= 4 is 11.6 Å². The first-order valence-corrected chi connectivity index (χ1v) is 8.76.